The summed E-state index contributed by atoms with van der Waals surface area (Å²) in [4.78, 5) is 13.1. The van der Waals surface area contributed by atoms with E-state index in [9.17, 15) is 0 Å². The van der Waals surface area contributed by atoms with Gasteiger partial charge in [-0.1, -0.05) is 0 Å². The Morgan fingerprint density at radius 1 is 0.867 bits per heavy atom. The standard InChI is InChI=1S/C21H19N9/c22-13-16-4-5-18(24-14-16)28-9-2-10-29(12-11-28)20-7-6-19-25-26-21(30(19)27-20)17-3-1-8-23-15-17/h1,3-8,14-15H,2,9-12H2. The smallest absolute Gasteiger partial charge is 0.187 e. The van der Waals surface area contributed by atoms with Crippen molar-refractivity contribution in [3.05, 3.63) is 60.6 Å². The molecule has 0 amide bonds. The molecule has 4 aromatic rings. The van der Waals surface area contributed by atoms with Crippen molar-refractivity contribution in [3.63, 3.8) is 0 Å². The van der Waals surface area contributed by atoms with Crippen molar-refractivity contribution in [2.24, 2.45) is 0 Å². The molecule has 1 aliphatic heterocycles. The maximum Gasteiger partial charge on any atom is 0.187 e. The fraction of sp³-hybridized carbons (Fsp3) is 0.238. The van der Waals surface area contributed by atoms with Crippen LogP contribution in [0.1, 0.15) is 12.0 Å². The molecule has 0 bridgehead atoms. The van der Waals surface area contributed by atoms with Crippen molar-refractivity contribution < 1.29 is 0 Å². The van der Waals surface area contributed by atoms with E-state index in [0.717, 1.165) is 49.8 Å². The molecule has 9 nitrogen and oxygen atoms in total. The summed E-state index contributed by atoms with van der Waals surface area (Å²) in [6.07, 6.45) is 6.11. The lowest BCUT2D eigenvalue weighted by atomic mass is 10.3. The molecule has 1 fully saturated rings. The van der Waals surface area contributed by atoms with Gasteiger partial charge in [0.25, 0.3) is 0 Å². The molecular weight excluding hydrogens is 378 g/mol. The maximum absolute atomic E-state index is 8.96. The lowest BCUT2D eigenvalue weighted by Crippen LogP contribution is -2.31. The van der Waals surface area contributed by atoms with E-state index < -0.39 is 0 Å². The van der Waals surface area contributed by atoms with Crippen molar-refractivity contribution in [2.75, 3.05) is 36.0 Å². The number of hydrogen-bond donors (Lipinski definition) is 0. The molecule has 0 atom stereocenters. The average Bonchev–Trinajstić information content (AvgIpc) is 3.08. The molecule has 0 N–H and O–H groups in total. The molecule has 0 aliphatic carbocycles. The van der Waals surface area contributed by atoms with E-state index >= 15 is 0 Å². The van der Waals surface area contributed by atoms with E-state index in [-0.39, 0.29) is 0 Å². The third-order valence-corrected chi connectivity index (χ3v) is 5.19. The first kappa shape index (κ1) is 18.0. The van der Waals surface area contributed by atoms with Crippen LogP contribution in [0.15, 0.2) is 55.0 Å². The van der Waals surface area contributed by atoms with Crippen molar-refractivity contribution >= 4 is 17.3 Å². The quantitative estimate of drug-likeness (QED) is 0.519. The number of anilines is 2. The van der Waals surface area contributed by atoms with Gasteiger partial charge in [-0.3, -0.25) is 4.98 Å². The number of rotatable bonds is 3. The summed E-state index contributed by atoms with van der Waals surface area (Å²) in [5, 5.41) is 22.3. The highest BCUT2D eigenvalue weighted by Crippen LogP contribution is 2.21. The van der Waals surface area contributed by atoms with Crippen LogP contribution in [0.25, 0.3) is 17.0 Å². The molecule has 1 aliphatic rings. The van der Waals surface area contributed by atoms with Crippen molar-refractivity contribution in [2.45, 2.75) is 6.42 Å². The number of nitrogens with zero attached hydrogens (tertiary/aromatic N) is 9. The Labute approximate surface area is 173 Å². The van der Waals surface area contributed by atoms with E-state index in [2.05, 4.69) is 36.0 Å². The Hall–Kier alpha value is -4.06. The predicted octanol–water partition coefficient (Wildman–Crippen LogP) is 2.17. The minimum absolute atomic E-state index is 0.575. The van der Waals surface area contributed by atoms with Gasteiger partial charge in [0.1, 0.15) is 17.7 Å². The van der Waals surface area contributed by atoms with Gasteiger partial charge < -0.3 is 9.80 Å². The fourth-order valence-corrected chi connectivity index (χ4v) is 3.64. The first-order chi connectivity index (χ1) is 14.8. The van der Waals surface area contributed by atoms with Gasteiger partial charge >= 0.3 is 0 Å². The third kappa shape index (κ3) is 3.39. The van der Waals surface area contributed by atoms with E-state index in [1.807, 2.05) is 36.4 Å². The van der Waals surface area contributed by atoms with Gasteiger partial charge in [-0.15, -0.1) is 15.3 Å². The van der Waals surface area contributed by atoms with Crippen LogP contribution < -0.4 is 9.80 Å². The summed E-state index contributed by atoms with van der Waals surface area (Å²) in [7, 11) is 0. The maximum atomic E-state index is 8.96. The van der Waals surface area contributed by atoms with Gasteiger partial charge in [-0.05, 0) is 42.8 Å². The molecule has 5 heterocycles. The SMILES string of the molecule is N#Cc1ccc(N2CCCN(c3ccc4nnc(-c5cccnc5)n4n3)CC2)nc1. The second kappa shape index (κ2) is 7.75. The van der Waals surface area contributed by atoms with E-state index in [1.54, 1.807) is 23.1 Å². The Balaban J connectivity index is 1.38. The topological polar surface area (TPSA) is 99.1 Å². The number of fused-ring (bicyclic) bond motifs is 1. The van der Waals surface area contributed by atoms with Crippen LogP contribution in [-0.2, 0) is 0 Å². The second-order valence-electron chi connectivity index (χ2n) is 7.07. The molecule has 1 saturated heterocycles. The van der Waals surface area contributed by atoms with Crippen LogP contribution in [0.3, 0.4) is 0 Å². The van der Waals surface area contributed by atoms with Gasteiger partial charge in [-0.2, -0.15) is 9.78 Å². The highest BCUT2D eigenvalue weighted by Gasteiger charge is 2.19. The fourth-order valence-electron chi connectivity index (χ4n) is 3.64. The zero-order valence-corrected chi connectivity index (χ0v) is 16.3. The normalized spacial score (nSPS) is 14.5. The summed E-state index contributed by atoms with van der Waals surface area (Å²) in [6.45, 7) is 3.46. The van der Waals surface area contributed by atoms with E-state index in [0.29, 0.717) is 17.0 Å². The predicted molar refractivity (Wildman–Crippen MR) is 112 cm³/mol. The summed E-state index contributed by atoms with van der Waals surface area (Å²) >= 11 is 0. The monoisotopic (exact) mass is 397 g/mol. The number of aromatic nitrogens is 6. The molecule has 9 heteroatoms. The summed E-state index contributed by atoms with van der Waals surface area (Å²) < 4.78 is 1.77. The van der Waals surface area contributed by atoms with Gasteiger partial charge in [-0.25, -0.2) is 4.98 Å². The lowest BCUT2D eigenvalue weighted by Gasteiger charge is -2.23. The number of hydrogen-bond acceptors (Lipinski definition) is 8. The molecule has 0 unspecified atom stereocenters. The molecule has 5 rings (SSSR count). The van der Waals surface area contributed by atoms with Gasteiger partial charge in [0.2, 0.25) is 0 Å². The van der Waals surface area contributed by atoms with E-state index in [1.165, 1.54) is 0 Å². The number of pyridine rings is 2. The molecule has 4 aromatic heterocycles. The molecule has 0 spiro atoms. The van der Waals surface area contributed by atoms with Gasteiger partial charge in [0, 0.05) is 50.3 Å². The van der Waals surface area contributed by atoms with Gasteiger partial charge in [0.05, 0.1) is 5.56 Å². The first-order valence-electron chi connectivity index (χ1n) is 9.81. The second-order valence-corrected chi connectivity index (χ2v) is 7.07. The largest absolute Gasteiger partial charge is 0.355 e. The summed E-state index contributed by atoms with van der Waals surface area (Å²) in [6, 6.07) is 13.6. The van der Waals surface area contributed by atoms with Crippen molar-refractivity contribution in [3.8, 4) is 17.5 Å². The summed E-state index contributed by atoms with van der Waals surface area (Å²) in [5.74, 6) is 2.47. The molecular formula is C21H19N9. The summed E-state index contributed by atoms with van der Waals surface area (Å²) in [5.41, 5.74) is 2.16. The highest BCUT2D eigenvalue weighted by atomic mass is 15.4. The average molecular weight is 397 g/mol. The lowest BCUT2D eigenvalue weighted by molar-refractivity contribution is 0.777. The highest BCUT2D eigenvalue weighted by molar-refractivity contribution is 5.58. The van der Waals surface area contributed by atoms with Crippen LogP contribution in [0.5, 0.6) is 0 Å². The number of nitriles is 1. The zero-order chi connectivity index (χ0) is 20.3. The first-order valence-corrected chi connectivity index (χ1v) is 9.81. The molecule has 0 radical (unpaired) electrons. The van der Waals surface area contributed by atoms with Crippen LogP contribution in [0, 0.1) is 11.3 Å². The van der Waals surface area contributed by atoms with Crippen molar-refractivity contribution in [1.82, 2.24) is 29.8 Å². The Morgan fingerprint density at radius 3 is 2.43 bits per heavy atom. The Morgan fingerprint density at radius 2 is 1.70 bits per heavy atom. The molecule has 0 aromatic carbocycles. The zero-order valence-electron chi connectivity index (χ0n) is 16.3. The van der Waals surface area contributed by atoms with Crippen LogP contribution >= 0.6 is 0 Å². The molecule has 148 valence electrons. The molecule has 0 saturated carbocycles. The minimum atomic E-state index is 0.575. The Kier molecular flexibility index (Phi) is 4.65. The Bertz CT molecular complexity index is 1190. The van der Waals surface area contributed by atoms with Gasteiger partial charge in [0.15, 0.2) is 11.5 Å². The van der Waals surface area contributed by atoms with E-state index in [4.69, 9.17) is 10.4 Å². The van der Waals surface area contributed by atoms with Crippen LogP contribution in [0.4, 0.5) is 11.6 Å². The van der Waals surface area contributed by atoms with Crippen LogP contribution in [0.2, 0.25) is 0 Å². The third-order valence-electron chi connectivity index (χ3n) is 5.19. The molecule has 30 heavy (non-hydrogen) atoms. The van der Waals surface area contributed by atoms with Crippen LogP contribution in [-0.4, -0.2) is 56.0 Å². The van der Waals surface area contributed by atoms with Crippen molar-refractivity contribution in [1.29, 1.82) is 5.26 Å². The minimum Gasteiger partial charge on any atom is -0.355 e.